The number of hydrogen-bond donors (Lipinski definition) is 2. The molecular formula is C26H29FN8O3. The SMILES string of the molecule is CC(C)Nc1cc(NC(=O)N2c3nc(C=O)c(CN4CCN(C)CC4=O)cc3C3(F)CC2C3)ncc1C#N. The van der Waals surface area contributed by atoms with Crippen LogP contribution in [0.25, 0.3) is 0 Å². The Hall–Kier alpha value is -4.11. The van der Waals surface area contributed by atoms with E-state index in [1.54, 1.807) is 17.0 Å². The van der Waals surface area contributed by atoms with E-state index in [1.165, 1.54) is 11.1 Å². The number of anilines is 3. The second kappa shape index (κ2) is 9.64. The number of nitrogens with one attached hydrogen (secondary N) is 2. The minimum atomic E-state index is -1.65. The van der Waals surface area contributed by atoms with Crippen molar-refractivity contribution in [2.75, 3.05) is 42.2 Å². The normalized spacial score (nSPS) is 22.4. The number of hydrogen-bond acceptors (Lipinski definition) is 8. The van der Waals surface area contributed by atoms with Gasteiger partial charge in [0.25, 0.3) is 0 Å². The van der Waals surface area contributed by atoms with Crippen LogP contribution in [0.1, 0.15) is 53.9 Å². The molecule has 0 unspecified atom stereocenters. The quantitative estimate of drug-likeness (QED) is 0.555. The first-order chi connectivity index (χ1) is 18.1. The lowest BCUT2D eigenvalue weighted by Gasteiger charge is -2.52. The average Bonchev–Trinajstić information content (AvgIpc) is 2.84. The van der Waals surface area contributed by atoms with Crippen LogP contribution in [0, 0.1) is 11.3 Å². The van der Waals surface area contributed by atoms with Gasteiger partial charge in [0.1, 0.15) is 29.1 Å². The van der Waals surface area contributed by atoms with Gasteiger partial charge in [0.2, 0.25) is 5.91 Å². The number of nitrogens with zero attached hydrogens (tertiary/aromatic N) is 6. The Morgan fingerprint density at radius 3 is 2.76 bits per heavy atom. The number of carbonyl (C=O) groups excluding carboxylic acids is 3. The standard InChI is InChI=1S/C26H29FN8O3/c1-15(2)30-20-7-22(29-11-17(20)10-28)32-25(38)35-18-8-26(27,9-18)19-6-16(21(14-36)31-24(19)35)12-34-5-4-33(3)13-23(34)37/h6-7,11,14-15,18H,4-5,8-9,12-13H2,1-3H3,(H2,29,30,32,38). The number of urea groups is 1. The smallest absolute Gasteiger partial charge is 0.328 e. The van der Waals surface area contributed by atoms with E-state index in [1.807, 2.05) is 25.8 Å². The molecule has 2 N–H and O–H groups in total. The molecule has 1 saturated carbocycles. The molecule has 5 heterocycles. The molecule has 2 fully saturated rings. The molecule has 2 aromatic heterocycles. The van der Waals surface area contributed by atoms with Crippen molar-refractivity contribution in [3.63, 3.8) is 0 Å². The molecule has 198 valence electrons. The Labute approximate surface area is 219 Å². The van der Waals surface area contributed by atoms with Crippen molar-refractivity contribution in [2.45, 2.75) is 51.0 Å². The maximum atomic E-state index is 15.7. The van der Waals surface area contributed by atoms with Crippen molar-refractivity contribution in [2.24, 2.45) is 0 Å². The third-order valence-electron chi connectivity index (χ3n) is 7.21. The van der Waals surface area contributed by atoms with E-state index in [9.17, 15) is 19.6 Å². The molecule has 3 amide bonds. The minimum absolute atomic E-state index is 0.0518. The second-order valence-corrected chi connectivity index (χ2v) is 10.4. The highest BCUT2D eigenvalue weighted by Gasteiger charge is 2.57. The summed E-state index contributed by atoms with van der Waals surface area (Å²) in [6, 6.07) is 4.29. The fraction of sp³-hybridized carbons (Fsp3) is 0.462. The number of amides is 3. The Bertz CT molecular complexity index is 1350. The van der Waals surface area contributed by atoms with Gasteiger partial charge in [0, 0.05) is 67.9 Å². The first kappa shape index (κ1) is 25.5. The van der Waals surface area contributed by atoms with E-state index in [4.69, 9.17) is 0 Å². The van der Waals surface area contributed by atoms with Gasteiger partial charge in [-0.1, -0.05) is 0 Å². The van der Waals surface area contributed by atoms with Gasteiger partial charge in [-0.25, -0.2) is 19.2 Å². The van der Waals surface area contributed by atoms with Crippen LogP contribution in [-0.4, -0.2) is 76.8 Å². The lowest BCUT2D eigenvalue weighted by molar-refractivity contribution is -0.136. The summed E-state index contributed by atoms with van der Waals surface area (Å²) in [5.74, 6) is 0.238. The first-order valence-corrected chi connectivity index (χ1v) is 12.5. The van der Waals surface area contributed by atoms with Gasteiger partial charge < -0.3 is 10.2 Å². The summed E-state index contributed by atoms with van der Waals surface area (Å²) in [7, 11) is 1.86. The van der Waals surface area contributed by atoms with E-state index < -0.39 is 17.7 Å². The highest BCUT2D eigenvalue weighted by atomic mass is 19.1. The van der Waals surface area contributed by atoms with Gasteiger partial charge >= 0.3 is 6.03 Å². The molecule has 4 aliphatic rings. The monoisotopic (exact) mass is 520 g/mol. The van der Waals surface area contributed by atoms with E-state index >= 15 is 4.39 Å². The van der Waals surface area contributed by atoms with Crippen molar-refractivity contribution in [1.29, 1.82) is 5.26 Å². The molecule has 38 heavy (non-hydrogen) atoms. The van der Waals surface area contributed by atoms with Crippen molar-refractivity contribution < 1.29 is 18.8 Å². The number of likely N-dealkylation sites (N-methyl/N-ethyl adjacent to an activating group) is 1. The van der Waals surface area contributed by atoms with Crippen LogP contribution in [0.15, 0.2) is 18.3 Å². The topological polar surface area (TPSA) is 135 Å². The molecule has 6 rings (SSSR count). The summed E-state index contributed by atoms with van der Waals surface area (Å²) < 4.78 is 15.7. The number of nitriles is 1. The number of aromatic nitrogens is 2. The maximum Gasteiger partial charge on any atom is 0.328 e. The third-order valence-corrected chi connectivity index (χ3v) is 7.21. The molecule has 0 radical (unpaired) electrons. The molecule has 0 aromatic carbocycles. The van der Waals surface area contributed by atoms with Gasteiger partial charge in [-0.05, 0) is 27.0 Å². The zero-order valence-corrected chi connectivity index (χ0v) is 21.5. The Kier molecular flexibility index (Phi) is 6.48. The summed E-state index contributed by atoms with van der Waals surface area (Å²) in [5.41, 5.74) is -0.0110. The zero-order chi connectivity index (χ0) is 27.2. The molecule has 12 heteroatoms. The highest BCUT2D eigenvalue weighted by Crippen LogP contribution is 2.55. The van der Waals surface area contributed by atoms with Crippen molar-refractivity contribution in [1.82, 2.24) is 19.8 Å². The predicted octanol–water partition coefficient (Wildman–Crippen LogP) is 2.63. The summed E-state index contributed by atoms with van der Waals surface area (Å²) in [5, 5.41) is 15.2. The fourth-order valence-corrected chi connectivity index (χ4v) is 5.24. The Morgan fingerprint density at radius 1 is 1.34 bits per heavy atom. The molecule has 11 nitrogen and oxygen atoms in total. The number of carbonyl (C=O) groups is 3. The van der Waals surface area contributed by atoms with E-state index in [2.05, 4.69) is 26.7 Å². The number of rotatable bonds is 6. The highest BCUT2D eigenvalue weighted by molar-refractivity contribution is 6.03. The minimum Gasteiger partial charge on any atom is -0.382 e. The van der Waals surface area contributed by atoms with Crippen LogP contribution in [0.5, 0.6) is 0 Å². The third kappa shape index (κ3) is 4.54. The van der Waals surface area contributed by atoms with E-state index in [0.717, 1.165) is 0 Å². The number of alkyl halides is 1. The van der Waals surface area contributed by atoms with Crippen LogP contribution in [0.2, 0.25) is 0 Å². The van der Waals surface area contributed by atoms with Gasteiger partial charge in [0.15, 0.2) is 6.29 Å². The molecule has 1 saturated heterocycles. The molecule has 0 atom stereocenters. The fourth-order valence-electron chi connectivity index (χ4n) is 5.24. The van der Waals surface area contributed by atoms with E-state index in [0.29, 0.717) is 36.2 Å². The molecule has 3 aliphatic heterocycles. The molecule has 2 aromatic rings. The second-order valence-electron chi connectivity index (χ2n) is 10.4. The number of piperazine rings is 1. The first-order valence-electron chi connectivity index (χ1n) is 12.5. The van der Waals surface area contributed by atoms with Crippen molar-refractivity contribution >= 4 is 35.5 Å². The molecule has 2 bridgehead atoms. The largest absolute Gasteiger partial charge is 0.382 e. The number of halogens is 1. The lowest BCUT2D eigenvalue weighted by Crippen LogP contribution is -2.60. The van der Waals surface area contributed by atoms with Crippen LogP contribution in [0.3, 0.4) is 0 Å². The summed E-state index contributed by atoms with van der Waals surface area (Å²) in [6.45, 7) is 5.46. The Morgan fingerprint density at radius 2 is 2.11 bits per heavy atom. The van der Waals surface area contributed by atoms with E-state index in [-0.39, 0.29) is 60.8 Å². The zero-order valence-electron chi connectivity index (χ0n) is 21.5. The van der Waals surface area contributed by atoms with Gasteiger partial charge in [-0.3, -0.25) is 24.7 Å². The number of pyridine rings is 2. The van der Waals surface area contributed by atoms with Crippen LogP contribution < -0.4 is 15.5 Å². The van der Waals surface area contributed by atoms with Crippen LogP contribution in [-0.2, 0) is 17.0 Å². The van der Waals surface area contributed by atoms with Crippen LogP contribution >= 0.6 is 0 Å². The van der Waals surface area contributed by atoms with Gasteiger partial charge in [0.05, 0.1) is 17.8 Å². The lowest BCUT2D eigenvalue weighted by atomic mass is 9.68. The Balaban J connectivity index is 1.44. The van der Waals surface area contributed by atoms with Gasteiger partial charge in [-0.15, -0.1) is 0 Å². The predicted molar refractivity (Wildman–Crippen MR) is 138 cm³/mol. The van der Waals surface area contributed by atoms with Crippen molar-refractivity contribution in [3.8, 4) is 6.07 Å². The molecule has 1 aliphatic carbocycles. The van der Waals surface area contributed by atoms with Crippen LogP contribution in [0.4, 0.5) is 26.5 Å². The summed E-state index contributed by atoms with van der Waals surface area (Å²) >= 11 is 0. The molecule has 0 spiro atoms. The van der Waals surface area contributed by atoms with Gasteiger partial charge in [-0.2, -0.15) is 5.26 Å². The summed E-state index contributed by atoms with van der Waals surface area (Å²) in [4.78, 5) is 51.4. The number of aldehydes is 1. The molecular weight excluding hydrogens is 491 g/mol. The summed E-state index contributed by atoms with van der Waals surface area (Å²) in [6.07, 6.45) is 2.17. The average molecular weight is 521 g/mol. The van der Waals surface area contributed by atoms with Crippen molar-refractivity contribution in [3.05, 3.63) is 40.7 Å². The maximum absolute atomic E-state index is 15.7.